The van der Waals surface area contributed by atoms with E-state index in [-0.39, 0.29) is 12.5 Å². The molecule has 0 aliphatic rings. The molecule has 5 nitrogen and oxygen atoms in total. The Morgan fingerprint density at radius 1 is 1.12 bits per heavy atom. The maximum absolute atomic E-state index is 12.6. The van der Waals surface area contributed by atoms with Crippen LogP contribution in [0.1, 0.15) is 17.3 Å². The number of hydrogen-bond donors (Lipinski definition) is 2. The van der Waals surface area contributed by atoms with E-state index >= 15 is 0 Å². The predicted octanol–water partition coefficient (Wildman–Crippen LogP) is 3.06. The number of nitrogens with one attached hydrogen (secondary N) is 1. The second-order valence-corrected chi connectivity index (χ2v) is 6.61. The van der Waals surface area contributed by atoms with Gasteiger partial charge in [-0.1, -0.05) is 48.5 Å². The average Bonchev–Trinajstić information content (AvgIpc) is 2.85. The summed E-state index contributed by atoms with van der Waals surface area (Å²) in [5.41, 5.74) is 8.04. The number of hydrogen-bond acceptors (Lipinski definition) is 2. The Bertz CT molecular complexity index is 934. The molecule has 0 unspecified atom stereocenters. The highest BCUT2D eigenvalue weighted by Gasteiger charge is 2.21. The minimum atomic E-state index is -0.848. The zero-order valence-electron chi connectivity index (χ0n) is 13.7. The number of carbonyl (C=O) groups is 2. The van der Waals surface area contributed by atoms with E-state index in [4.69, 9.17) is 5.73 Å². The zero-order chi connectivity index (χ0) is 18.0. The fourth-order valence-electron chi connectivity index (χ4n) is 2.91. The second-order valence-electron chi connectivity index (χ2n) is 5.82. The van der Waals surface area contributed by atoms with Crippen molar-refractivity contribution in [2.45, 2.75) is 19.5 Å². The minimum absolute atomic E-state index is 0.106. The van der Waals surface area contributed by atoms with Gasteiger partial charge in [-0.2, -0.15) is 0 Å². The molecule has 2 amide bonds. The van der Waals surface area contributed by atoms with Gasteiger partial charge in [-0.15, -0.1) is 0 Å². The Morgan fingerprint density at radius 3 is 2.44 bits per heavy atom. The van der Waals surface area contributed by atoms with Crippen molar-refractivity contribution in [2.24, 2.45) is 5.73 Å². The maximum atomic E-state index is 12.6. The molecule has 0 saturated carbocycles. The Hall–Kier alpha value is -2.60. The fourth-order valence-corrected chi connectivity index (χ4v) is 3.46. The van der Waals surface area contributed by atoms with Crippen molar-refractivity contribution in [3.63, 3.8) is 0 Å². The van der Waals surface area contributed by atoms with E-state index in [0.29, 0.717) is 5.56 Å². The summed E-state index contributed by atoms with van der Waals surface area (Å²) in [5.74, 6) is -0.862. The molecule has 3 aromatic rings. The summed E-state index contributed by atoms with van der Waals surface area (Å²) >= 11 is 3.58. The predicted molar refractivity (Wildman–Crippen MR) is 101 cm³/mol. The Kier molecular flexibility index (Phi) is 4.90. The molecule has 0 radical (unpaired) electrons. The molecular formula is C19H18BrN3O2. The largest absolute Gasteiger partial charge is 0.368 e. The van der Waals surface area contributed by atoms with Crippen LogP contribution in [0.4, 0.5) is 0 Å². The van der Waals surface area contributed by atoms with Crippen LogP contribution in [0.5, 0.6) is 0 Å². The number of benzene rings is 2. The van der Waals surface area contributed by atoms with Crippen molar-refractivity contribution in [2.75, 3.05) is 0 Å². The summed E-state index contributed by atoms with van der Waals surface area (Å²) in [5, 5.41) is 3.78. The van der Waals surface area contributed by atoms with Crippen LogP contribution in [0.15, 0.2) is 59.1 Å². The number of carbonyl (C=O) groups excluding carboxylic acids is 2. The van der Waals surface area contributed by atoms with Gasteiger partial charge in [-0.3, -0.25) is 9.59 Å². The van der Waals surface area contributed by atoms with Gasteiger partial charge in [0.1, 0.15) is 12.6 Å². The zero-order valence-corrected chi connectivity index (χ0v) is 15.3. The molecule has 1 aromatic heterocycles. The van der Waals surface area contributed by atoms with Crippen LogP contribution in [0, 0.1) is 6.92 Å². The summed E-state index contributed by atoms with van der Waals surface area (Å²) in [7, 11) is 0. The molecule has 2 aromatic carbocycles. The van der Waals surface area contributed by atoms with E-state index in [1.807, 2.05) is 41.8 Å². The van der Waals surface area contributed by atoms with Gasteiger partial charge in [0.05, 0.1) is 0 Å². The van der Waals surface area contributed by atoms with Gasteiger partial charge in [0.25, 0.3) is 0 Å². The van der Waals surface area contributed by atoms with Crippen LogP contribution in [0.2, 0.25) is 0 Å². The summed E-state index contributed by atoms with van der Waals surface area (Å²) < 4.78 is 2.88. The Labute approximate surface area is 153 Å². The highest BCUT2D eigenvalue weighted by atomic mass is 79.9. The van der Waals surface area contributed by atoms with Crippen LogP contribution in [-0.4, -0.2) is 16.4 Å². The quantitative estimate of drug-likeness (QED) is 0.691. The van der Waals surface area contributed by atoms with Crippen LogP contribution in [-0.2, 0) is 16.1 Å². The first-order valence-corrected chi connectivity index (χ1v) is 8.65. The highest BCUT2D eigenvalue weighted by molar-refractivity contribution is 9.10. The molecule has 128 valence electrons. The van der Waals surface area contributed by atoms with Crippen LogP contribution < -0.4 is 11.1 Å². The van der Waals surface area contributed by atoms with Crippen molar-refractivity contribution >= 4 is 38.6 Å². The molecular weight excluding hydrogens is 382 g/mol. The lowest BCUT2D eigenvalue weighted by Gasteiger charge is -2.17. The molecule has 0 fully saturated rings. The molecule has 1 heterocycles. The topological polar surface area (TPSA) is 77.1 Å². The van der Waals surface area contributed by atoms with E-state index in [1.165, 1.54) is 0 Å². The van der Waals surface area contributed by atoms with Crippen molar-refractivity contribution in [1.29, 1.82) is 0 Å². The number of primary amides is 1. The average molecular weight is 400 g/mol. The first-order valence-electron chi connectivity index (χ1n) is 7.86. The van der Waals surface area contributed by atoms with Crippen molar-refractivity contribution in [3.8, 4) is 0 Å². The number of aromatic nitrogens is 1. The van der Waals surface area contributed by atoms with Gasteiger partial charge in [-0.25, -0.2) is 0 Å². The Balaban J connectivity index is 1.85. The number of amides is 2. The number of halogens is 1. The molecule has 0 spiro atoms. The third-order valence-corrected chi connectivity index (χ3v) is 5.18. The van der Waals surface area contributed by atoms with E-state index in [0.717, 1.165) is 21.1 Å². The van der Waals surface area contributed by atoms with E-state index in [1.54, 1.807) is 24.3 Å². The maximum Gasteiger partial charge on any atom is 0.244 e. The monoisotopic (exact) mass is 399 g/mol. The molecule has 0 aliphatic heterocycles. The number of nitrogens with zero attached hydrogens (tertiary/aromatic N) is 1. The third kappa shape index (κ3) is 3.44. The molecule has 3 rings (SSSR count). The van der Waals surface area contributed by atoms with Crippen molar-refractivity contribution < 1.29 is 9.59 Å². The molecule has 0 aliphatic carbocycles. The number of nitrogens with two attached hydrogens (primary N) is 1. The lowest BCUT2D eigenvalue weighted by atomic mass is 10.1. The molecule has 3 N–H and O–H groups in total. The molecule has 0 bridgehead atoms. The molecule has 1 atom stereocenters. The van der Waals surface area contributed by atoms with E-state index < -0.39 is 11.9 Å². The number of fused-ring (bicyclic) bond motifs is 1. The van der Waals surface area contributed by atoms with Gasteiger partial charge < -0.3 is 15.6 Å². The first kappa shape index (κ1) is 17.2. The van der Waals surface area contributed by atoms with E-state index in [2.05, 4.69) is 21.2 Å². The van der Waals surface area contributed by atoms with Crippen molar-refractivity contribution in [1.82, 2.24) is 9.88 Å². The SMILES string of the molecule is Cc1c(Br)c2ccccc2n1CC(=O)N[C@H](C(N)=O)c1ccccc1. The summed E-state index contributed by atoms with van der Waals surface area (Å²) in [6, 6.07) is 16.0. The van der Waals surface area contributed by atoms with Gasteiger partial charge >= 0.3 is 0 Å². The fraction of sp³-hybridized carbons (Fsp3) is 0.158. The standard InChI is InChI=1S/C19H18BrN3O2/c1-12-17(20)14-9-5-6-10-15(14)23(12)11-16(24)22-18(19(21)25)13-7-3-2-4-8-13/h2-10,18H,11H2,1H3,(H2,21,25)(H,22,24)/t18-/m0/s1. The second kappa shape index (κ2) is 7.11. The number of rotatable bonds is 5. The summed E-state index contributed by atoms with van der Waals surface area (Å²) in [4.78, 5) is 24.3. The first-order chi connectivity index (χ1) is 12.0. The van der Waals surface area contributed by atoms with Gasteiger partial charge in [0.2, 0.25) is 11.8 Å². The van der Waals surface area contributed by atoms with Gasteiger partial charge in [0.15, 0.2) is 0 Å². The molecule has 0 saturated heterocycles. The highest BCUT2D eigenvalue weighted by Crippen LogP contribution is 2.30. The van der Waals surface area contributed by atoms with Gasteiger partial charge in [-0.05, 0) is 34.5 Å². The molecule has 25 heavy (non-hydrogen) atoms. The Morgan fingerprint density at radius 2 is 1.76 bits per heavy atom. The normalized spacial score (nSPS) is 12.1. The van der Waals surface area contributed by atoms with Gasteiger partial charge in [0, 0.05) is 21.1 Å². The van der Waals surface area contributed by atoms with Crippen LogP contribution in [0.3, 0.4) is 0 Å². The van der Waals surface area contributed by atoms with Crippen molar-refractivity contribution in [3.05, 3.63) is 70.3 Å². The summed E-state index contributed by atoms with van der Waals surface area (Å²) in [6.45, 7) is 2.05. The lowest BCUT2D eigenvalue weighted by Crippen LogP contribution is -2.39. The smallest absolute Gasteiger partial charge is 0.244 e. The van der Waals surface area contributed by atoms with E-state index in [9.17, 15) is 9.59 Å². The molecule has 6 heteroatoms. The van der Waals surface area contributed by atoms with Crippen LogP contribution >= 0.6 is 15.9 Å². The lowest BCUT2D eigenvalue weighted by molar-refractivity contribution is -0.127. The summed E-state index contributed by atoms with van der Waals surface area (Å²) in [6.07, 6.45) is 0. The van der Waals surface area contributed by atoms with Crippen LogP contribution in [0.25, 0.3) is 10.9 Å². The number of para-hydroxylation sites is 1. The minimum Gasteiger partial charge on any atom is -0.368 e. The third-order valence-electron chi connectivity index (χ3n) is 4.18.